The number of hydrogen-bond donors (Lipinski definition) is 1. The maximum atomic E-state index is 5.93. The minimum absolute atomic E-state index is 0.334. The van der Waals surface area contributed by atoms with Gasteiger partial charge >= 0.3 is 0 Å². The second kappa shape index (κ2) is 5.32. The van der Waals surface area contributed by atoms with Crippen LogP contribution in [-0.2, 0) is 0 Å². The summed E-state index contributed by atoms with van der Waals surface area (Å²) in [6, 6.07) is 7.00. The average molecular weight is 272 g/mol. The van der Waals surface area contributed by atoms with E-state index in [9.17, 15) is 0 Å². The SMILES string of the molecule is CC(N[C@@H](C)c1cccs1)c1csc(Cl)c1. The van der Waals surface area contributed by atoms with Gasteiger partial charge in [-0.15, -0.1) is 22.7 Å². The molecule has 2 aromatic rings. The van der Waals surface area contributed by atoms with E-state index in [1.807, 2.05) is 6.07 Å². The van der Waals surface area contributed by atoms with E-state index in [2.05, 4.69) is 42.1 Å². The molecule has 0 radical (unpaired) electrons. The number of halogens is 1. The molecule has 0 amide bonds. The van der Waals surface area contributed by atoms with Gasteiger partial charge in [-0.2, -0.15) is 0 Å². The van der Waals surface area contributed by atoms with Crippen molar-refractivity contribution in [2.75, 3.05) is 0 Å². The predicted molar refractivity (Wildman–Crippen MR) is 73.6 cm³/mol. The Bertz CT molecular complexity index is 436. The smallest absolute Gasteiger partial charge is 0.0931 e. The topological polar surface area (TPSA) is 12.0 Å². The van der Waals surface area contributed by atoms with Crippen LogP contribution in [0, 0.1) is 0 Å². The Morgan fingerprint density at radius 2 is 2.06 bits per heavy atom. The fourth-order valence-electron chi connectivity index (χ4n) is 1.64. The van der Waals surface area contributed by atoms with Crippen molar-refractivity contribution in [3.8, 4) is 0 Å². The molecule has 2 heterocycles. The summed E-state index contributed by atoms with van der Waals surface area (Å²) in [7, 11) is 0. The summed E-state index contributed by atoms with van der Waals surface area (Å²) in [6.07, 6.45) is 0. The van der Waals surface area contributed by atoms with E-state index < -0.39 is 0 Å². The monoisotopic (exact) mass is 271 g/mol. The zero-order valence-electron chi connectivity index (χ0n) is 9.24. The summed E-state index contributed by atoms with van der Waals surface area (Å²) in [4.78, 5) is 1.37. The highest BCUT2D eigenvalue weighted by molar-refractivity contribution is 7.14. The maximum Gasteiger partial charge on any atom is 0.0931 e. The van der Waals surface area contributed by atoms with E-state index in [1.165, 1.54) is 10.4 Å². The van der Waals surface area contributed by atoms with Crippen LogP contribution in [-0.4, -0.2) is 0 Å². The first-order chi connectivity index (χ1) is 7.66. The van der Waals surface area contributed by atoms with Crippen LogP contribution in [0.2, 0.25) is 4.34 Å². The normalized spacial score (nSPS) is 14.9. The highest BCUT2D eigenvalue weighted by atomic mass is 35.5. The van der Waals surface area contributed by atoms with Gasteiger partial charge in [0.25, 0.3) is 0 Å². The molecule has 0 spiro atoms. The molecule has 0 saturated carbocycles. The van der Waals surface area contributed by atoms with Gasteiger partial charge in [0.15, 0.2) is 0 Å². The molecule has 1 unspecified atom stereocenters. The molecule has 4 heteroatoms. The fraction of sp³-hybridized carbons (Fsp3) is 0.333. The van der Waals surface area contributed by atoms with Gasteiger partial charge in [-0.3, -0.25) is 0 Å². The molecule has 0 aliphatic heterocycles. The molecule has 0 fully saturated rings. The van der Waals surface area contributed by atoms with Crippen molar-refractivity contribution in [3.63, 3.8) is 0 Å². The molecule has 86 valence electrons. The average Bonchev–Trinajstić information content (AvgIpc) is 2.87. The molecule has 1 nitrogen and oxygen atoms in total. The van der Waals surface area contributed by atoms with E-state index in [0.717, 1.165) is 4.34 Å². The molecule has 0 aliphatic rings. The third kappa shape index (κ3) is 2.86. The molecule has 2 aromatic heterocycles. The Kier molecular flexibility index (Phi) is 4.03. The van der Waals surface area contributed by atoms with E-state index in [1.54, 1.807) is 22.7 Å². The minimum atomic E-state index is 0.334. The zero-order valence-corrected chi connectivity index (χ0v) is 11.6. The molecule has 0 saturated heterocycles. The van der Waals surface area contributed by atoms with Crippen molar-refractivity contribution in [1.29, 1.82) is 0 Å². The van der Waals surface area contributed by atoms with Gasteiger partial charge in [0.2, 0.25) is 0 Å². The lowest BCUT2D eigenvalue weighted by molar-refractivity contribution is 0.501. The fourth-order valence-corrected chi connectivity index (χ4v) is 3.37. The van der Waals surface area contributed by atoms with Gasteiger partial charge in [0, 0.05) is 17.0 Å². The third-order valence-corrected chi connectivity index (χ3v) is 4.72. The largest absolute Gasteiger partial charge is 0.303 e. The number of nitrogens with one attached hydrogen (secondary N) is 1. The molecule has 1 N–H and O–H groups in total. The Morgan fingerprint density at radius 1 is 1.25 bits per heavy atom. The molecule has 2 atom stereocenters. The quantitative estimate of drug-likeness (QED) is 0.836. The lowest BCUT2D eigenvalue weighted by Crippen LogP contribution is -2.21. The van der Waals surface area contributed by atoms with Crippen LogP contribution in [0.4, 0.5) is 0 Å². The van der Waals surface area contributed by atoms with Crippen LogP contribution >= 0.6 is 34.3 Å². The van der Waals surface area contributed by atoms with Gasteiger partial charge in [0.1, 0.15) is 0 Å². The van der Waals surface area contributed by atoms with Crippen LogP contribution in [0.3, 0.4) is 0 Å². The Labute approximate surface area is 109 Å². The van der Waals surface area contributed by atoms with Crippen LogP contribution in [0.25, 0.3) is 0 Å². The molecule has 0 aliphatic carbocycles. The van der Waals surface area contributed by atoms with E-state index >= 15 is 0 Å². The molecule has 0 bridgehead atoms. The maximum absolute atomic E-state index is 5.93. The summed E-state index contributed by atoms with van der Waals surface area (Å²) in [5.41, 5.74) is 1.26. The summed E-state index contributed by atoms with van der Waals surface area (Å²) in [6.45, 7) is 4.36. The molecule has 16 heavy (non-hydrogen) atoms. The first kappa shape index (κ1) is 12.1. The number of thiophene rings is 2. The van der Waals surface area contributed by atoms with E-state index in [4.69, 9.17) is 11.6 Å². The van der Waals surface area contributed by atoms with Crippen LogP contribution in [0.15, 0.2) is 29.0 Å². The Hall–Kier alpha value is -0.350. The lowest BCUT2D eigenvalue weighted by atomic mass is 10.1. The van der Waals surface area contributed by atoms with Crippen molar-refractivity contribution in [3.05, 3.63) is 43.7 Å². The highest BCUT2D eigenvalue weighted by Gasteiger charge is 2.12. The van der Waals surface area contributed by atoms with Crippen molar-refractivity contribution in [2.24, 2.45) is 0 Å². The lowest BCUT2D eigenvalue weighted by Gasteiger charge is -2.18. The minimum Gasteiger partial charge on any atom is -0.303 e. The van der Waals surface area contributed by atoms with Gasteiger partial charge in [-0.1, -0.05) is 17.7 Å². The van der Waals surface area contributed by atoms with Crippen LogP contribution in [0.1, 0.15) is 36.4 Å². The van der Waals surface area contributed by atoms with Crippen molar-refractivity contribution in [2.45, 2.75) is 25.9 Å². The molecular formula is C12H14ClNS2. The number of rotatable bonds is 4. The van der Waals surface area contributed by atoms with Crippen LogP contribution < -0.4 is 5.32 Å². The molecule has 0 aromatic carbocycles. The zero-order chi connectivity index (χ0) is 11.5. The van der Waals surface area contributed by atoms with Gasteiger partial charge < -0.3 is 5.32 Å². The van der Waals surface area contributed by atoms with Crippen molar-refractivity contribution in [1.82, 2.24) is 5.32 Å². The Balaban J connectivity index is 2.00. The first-order valence-corrected chi connectivity index (χ1v) is 7.34. The summed E-state index contributed by atoms with van der Waals surface area (Å²) in [5.74, 6) is 0. The molecule has 2 rings (SSSR count). The van der Waals surface area contributed by atoms with Gasteiger partial charge in [-0.25, -0.2) is 0 Å². The van der Waals surface area contributed by atoms with E-state index in [-0.39, 0.29) is 0 Å². The second-order valence-corrected chi connectivity index (χ2v) is 6.33. The molecular weight excluding hydrogens is 258 g/mol. The second-order valence-electron chi connectivity index (χ2n) is 3.81. The number of hydrogen-bond acceptors (Lipinski definition) is 3. The van der Waals surface area contributed by atoms with Crippen molar-refractivity contribution >= 4 is 34.3 Å². The van der Waals surface area contributed by atoms with Gasteiger partial charge in [0.05, 0.1) is 4.34 Å². The first-order valence-electron chi connectivity index (χ1n) is 5.20. The standard InChI is InChI=1S/C12H14ClNS2/c1-8(10-6-12(13)16-7-10)14-9(2)11-4-3-5-15-11/h3-9,14H,1-2H3/t8?,9-/m0/s1. The third-order valence-electron chi connectivity index (χ3n) is 2.56. The summed E-state index contributed by atoms with van der Waals surface area (Å²) in [5, 5.41) is 7.79. The predicted octanol–water partition coefficient (Wildman–Crippen LogP) is 4.87. The van der Waals surface area contributed by atoms with Crippen LogP contribution in [0.5, 0.6) is 0 Å². The summed E-state index contributed by atoms with van der Waals surface area (Å²) < 4.78 is 0.854. The highest BCUT2D eigenvalue weighted by Crippen LogP contribution is 2.27. The van der Waals surface area contributed by atoms with Crippen molar-refractivity contribution < 1.29 is 0 Å². The van der Waals surface area contributed by atoms with Gasteiger partial charge in [-0.05, 0) is 42.3 Å². The van der Waals surface area contributed by atoms with E-state index in [0.29, 0.717) is 12.1 Å². The summed E-state index contributed by atoms with van der Waals surface area (Å²) >= 11 is 9.31. The Morgan fingerprint density at radius 3 is 2.62 bits per heavy atom.